The number of amides is 1. The molecule has 0 unspecified atom stereocenters. The van der Waals surface area contributed by atoms with E-state index >= 15 is 0 Å². The second-order valence-corrected chi connectivity index (χ2v) is 5.02. The Kier molecular flexibility index (Phi) is 6.33. The Morgan fingerprint density at radius 3 is 2.47 bits per heavy atom. The van der Waals surface area contributed by atoms with Crippen molar-refractivity contribution in [3.63, 3.8) is 0 Å². The third-order valence-electron chi connectivity index (χ3n) is 2.71. The molecule has 0 spiro atoms. The fourth-order valence-electron chi connectivity index (χ4n) is 1.99. The van der Waals surface area contributed by atoms with E-state index in [1.165, 1.54) is 0 Å². The molecule has 1 aromatic rings. The van der Waals surface area contributed by atoms with Gasteiger partial charge in [0, 0.05) is 31.0 Å². The summed E-state index contributed by atoms with van der Waals surface area (Å²) in [4.78, 5) is 18.5. The van der Waals surface area contributed by atoms with Crippen LogP contribution in [0, 0.1) is 0 Å². The standard InChI is InChI=1S/C15H25N3O/c1-5-9-18(10-6-2)15(19)14-11-13(7-8-16-14)17-12(3)4/h7-8,11-12H,5-6,9-10H2,1-4H3,(H,16,17). The Morgan fingerprint density at radius 2 is 1.95 bits per heavy atom. The van der Waals surface area contributed by atoms with E-state index in [4.69, 9.17) is 0 Å². The maximum atomic E-state index is 12.4. The fraction of sp³-hybridized carbons (Fsp3) is 0.600. The van der Waals surface area contributed by atoms with Crippen molar-refractivity contribution in [2.24, 2.45) is 0 Å². The van der Waals surface area contributed by atoms with Gasteiger partial charge in [-0.3, -0.25) is 9.78 Å². The van der Waals surface area contributed by atoms with E-state index in [2.05, 4.69) is 38.0 Å². The van der Waals surface area contributed by atoms with Crippen molar-refractivity contribution in [1.29, 1.82) is 0 Å². The first-order valence-corrected chi connectivity index (χ1v) is 7.10. The smallest absolute Gasteiger partial charge is 0.272 e. The summed E-state index contributed by atoms with van der Waals surface area (Å²) in [5, 5.41) is 3.29. The Morgan fingerprint density at radius 1 is 1.32 bits per heavy atom. The van der Waals surface area contributed by atoms with Gasteiger partial charge in [-0.05, 0) is 38.8 Å². The molecule has 1 amide bonds. The summed E-state index contributed by atoms with van der Waals surface area (Å²) in [7, 11) is 0. The van der Waals surface area contributed by atoms with Crippen LogP contribution in [0.2, 0.25) is 0 Å². The second-order valence-electron chi connectivity index (χ2n) is 5.02. The lowest BCUT2D eigenvalue weighted by Gasteiger charge is -2.21. The summed E-state index contributed by atoms with van der Waals surface area (Å²) in [6.07, 6.45) is 3.62. The second kappa shape index (κ2) is 7.77. The largest absolute Gasteiger partial charge is 0.383 e. The zero-order chi connectivity index (χ0) is 14.3. The van der Waals surface area contributed by atoms with E-state index in [0.29, 0.717) is 11.7 Å². The molecule has 0 aliphatic heterocycles. The normalized spacial score (nSPS) is 10.6. The molecule has 1 heterocycles. The van der Waals surface area contributed by atoms with Crippen LogP contribution in [-0.2, 0) is 0 Å². The molecule has 4 nitrogen and oxygen atoms in total. The molecule has 0 aromatic carbocycles. The average Bonchev–Trinajstić information content (AvgIpc) is 2.37. The van der Waals surface area contributed by atoms with Gasteiger partial charge in [0.1, 0.15) is 5.69 Å². The number of carbonyl (C=O) groups is 1. The van der Waals surface area contributed by atoms with Gasteiger partial charge in [-0.25, -0.2) is 0 Å². The summed E-state index contributed by atoms with van der Waals surface area (Å²) >= 11 is 0. The van der Waals surface area contributed by atoms with Crippen LogP contribution in [0.25, 0.3) is 0 Å². The van der Waals surface area contributed by atoms with Gasteiger partial charge >= 0.3 is 0 Å². The molecule has 0 bridgehead atoms. The third-order valence-corrected chi connectivity index (χ3v) is 2.71. The summed E-state index contributed by atoms with van der Waals surface area (Å²) in [5.74, 6) is 0.0242. The first kappa shape index (κ1) is 15.5. The van der Waals surface area contributed by atoms with E-state index in [0.717, 1.165) is 31.6 Å². The number of hydrogen-bond donors (Lipinski definition) is 1. The number of pyridine rings is 1. The van der Waals surface area contributed by atoms with Crippen molar-refractivity contribution < 1.29 is 4.79 Å². The van der Waals surface area contributed by atoms with Crippen LogP contribution < -0.4 is 5.32 Å². The molecule has 0 radical (unpaired) electrons. The minimum atomic E-state index is 0.0242. The SMILES string of the molecule is CCCN(CCC)C(=O)c1cc(NC(C)C)ccn1. The Hall–Kier alpha value is -1.58. The Bertz CT molecular complexity index is 398. The van der Waals surface area contributed by atoms with E-state index in [1.807, 2.05) is 17.0 Å². The average molecular weight is 263 g/mol. The first-order valence-electron chi connectivity index (χ1n) is 7.10. The van der Waals surface area contributed by atoms with Crippen LogP contribution in [-0.4, -0.2) is 34.9 Å². The van der Waals surface area contributed by atoms with Crippen LogP contribution in [0.4, 0.5) is 5.69 Å². The highest BCUT2D eigenvalue weighted by atomic mass is 16.2. The van der Waals surface area contributed by atoms with Crippen molar-refractivity contribution >= 4 is 11.6 Å². The lowest BCUT2D eigenvalue weighted by molar-refractivity contribution is 0.0749. The lowest BCUT2D eigenvalue weighted by Crippen LogP contribution is -2.33. The number of hydrogen-bond acceptors (Lipinski definition) is 3. The molecule has 106 valence electrons. The fourth-order valence-corrected chi connectivity index (χ4v) is 1.99. The van der Waals surface area contributed by atoms with E-state index < -0.39 is 0 Å². The highest BCUT2D eigenvalue weighted by molar-refractivity contribution is 5.93. The maximum absolute atomic E-state index is 12.4. The summed E-state index contributed by atoms with van der Waals surface area (Å²) in [5.41, 5.74) is 1.47. The van der Waals surface area contributed by atoms with Crippen LogP contribution in [0.1, 0.15) is 51.0 Å². The number of nitrogens with zero attached hydrogens (tertiary/aromatic N) is 2. The molecular weight excluding hydrogens is 238 g/mol. The van der Waals surface area contributed by atoms with Gasteiger partial charge in [0.2, 0.25) is 0 Å². The topological polar surface area (TPSA) is 45.2 Å². The zero-order valence-electron chi connectivity index (χ0n) is 12.4. The van der Waals surface area contributed by atoms with E-state index in [-0.39, 0.29) is 5.91 Å². The molecule has 19 heavy (non-hydrogen) atoms. The molecule has 1 N–H and O–H groups in total. The van der Waals surface area contributed by atoms with Gasteiger partial charge in [0.15, 0.2) is 0 Å². The van der Waals surface area contributed by atoms with Crippen molar-refractivity contribution in [1.82, 2.24) is 9.88 Å². The van der Waals surface area contributed by atoms with Gasteiger partial charge in [0.05, 0.1) is 0 Å². The number of rotatable bonds is 7. The highest BCUT2D eigenvalue weighted by Gasteiger charge is 2.15. The highest BCUT2D eigenvalue weighted by Crippen LogP contribution is 2.12. The minimum absolute atomic E-state index is 0.0242. The summed E-state index contributed by atoms with van der Waals surface area (Å²) in [6, 6.07) is 4.06. The van der Waals surface area contributed by atoms with Crippen molar-refractivity contribution in [3.8, 4) is 0 Å². The van der Waals surface area contributed by atoms with Crippen molar-refractivity contribution in [2.75, 3.05) is 18.4 Å². The molecule has 0 saturated heterocycles. The van der Waals surface area contributed by atoms with Gasteiger partial charge in [-0.2, -0.15) is 0 Å². The van der Waals surface area contributed by atoms with Gasteiger partial charge < -0.3 is 10.2 Å². The predicted molar refractivity (Wildman–Crippen MR) is 79.5 cm³/mol. The first-order chi connectivity index (χ1) is 9.08. The van der Waals surface area contributed by atoms with Crippen LogP contribution in [0.15, 0.2) is 18.3 Å². The van der Waals surface area contributed by atoms with Crippen LogP contribution >= 0.6 is 0 Å². The van der Waals surface area contributed by atoms with Gasteiger partial charge in [-0.15, -0.1) is 0 Å². The predicted octanol–water partition coefficient (Wildman–Crippen LogP) is 3.16. The monoisotopic (exact) mass is 263 g/mol. The summed E-state index contributed by atoms with van der Waals surface area (Å²) < 4.78 is 0. The molecule has 1 rings (SSSR count). The summed E-state index contributed by atoms with van der Waals surface area (Å²) in [6.45, 7) is 9.89. The molecule has 0 fully saturated rings. The van der Waals surface area contributed by atoms with Crippen LogP contribution in [0.3, 0.4) is 0 Å². The molecule has 1 aromatic heterocycles. The maximum Gasteiger partial charge on any atom is 0.272 e. The molecule has 0 atom stereocenters. The molecule has 0 aliphatic carbocycles. The van der Waals surface area contributed by atoms with Crippen LogP contribution in [0.5, 0.6) is 0 Å². The van der Waals surface area contributed by atoms with Crippen molar-refractivity contribution in [3.05, 3.63) is 24.0 Å². The van der Waals surface area contributed by atoms with Crippen molar-refractivity contribution in [2.45, 2.75) is 46.6 Å². The zero-order valence-corrected chi connectivity index (χ0v) is 12.4. The Balaban J connectivity index is 2.84. The van der Waals surface area contributed by atoms with E-state index in [9.17, 15) is 4.79 Å². The molecule has 4 heteroatoms. The minimum Gasteiger partial charge on any atom is -0.383 e. The Labute approximate surface area is 116 Å². The van der Waals surface area contributed by atoms with Gasteiger partial charge in [-0.1, -0.05) is 13.8 Å². The lowest BCUT2D eigenvalue weighted by atomic mass is 10.2. The molecule has 0 saturated carbocycles. The number of anilines is 1. The van der Waals surface area contributed by atoms with Gasteiger partial charge in [0.25, 0.3) is 5.91 Å². The number of carbonyl (C=O) groups excluding carboxylic acids is 1. The number of aromatic nitrogens is 1. The molecule has 0 aliphatic rings. The van der Waals surface area contributed by atoms with E-state index in [1.54, 1.807) is 6.20 Å². The quantitative estimate of drug-likeness (QED) is 0.822. The molecular formula is C15H25N3O. The number of nitrogens with one attached hydrogen (secondary N) is 1. The third kappa shape index (κ3) is 4.89.